The van der Waals surface area contributed by atoms with Crippen molar-refractivity contribution in [3.05, 3.63) is 0 Å². The van der Waals surface area contributed by atoms with Crippen LogP contribution in [0.5, 0.6) is 0 Å². The molecular formula is C13H31NSi. The first-order valence-electron chi connectivity index (χ1n) is 7.07. The lowest BCUT2D eigenvalue weighted by Gasteiger charge is -2.17. The zero-order chi connectivity index (χ0) is 11.4. The number of rotatable bonds is 11. The van der Waals surface area contributed by atoms with E-state index in [-0.39, 0.29) is 0 Å². The molecule has 0 saturated heterocycles. The molecule has 0 heterocycles. The molecule has 2 heteroatoms. The zero-order valence-electron chi connectivity index (χ0n) is 11.2. The highest BCUT2D eigenvalue weighted by molar-refractivity contribution is 6.35. The van der Waals surface area contributed by atoms with Crippen LogP contribution in [0.2, 0.25) is 12.1 Å². The molecule has 0 unspecified atom stereocenters. The quantitative estimate of drug-likeness (QED) is 0.388. The Kier molecular flexibility index (Phi) is 12.4. The monoisotopic (exact) mass is 229 g/mol. The molecule has 0 amide bonds. The van der Waals surface area contributed by atoms with Crippen molar-refractivity contribution in [3.8, 4) is 0 Å². The minimum atomic E-state index is 0.298. The largest absolute Gasteiger partial charge is 0.304 e. The fourth-order valence-corrected chi connectivity index (χ4v) is 3.65. The predicted octanol–water partition coefficient (Wildman–Crippen LogP) is 3.30. The van der Waals surface area contributed by atoms with Crippen molar-refractivity contribution in [1.82, 2.24) is 4.90 Å². The van der Waals surface area contributed by atoms with E-state index in [0.29, 0.717) is 9.52 Å². The molecule has 0 N–H and O–H groups in total. The maximum absolute atomic E-state index is 2.55. The third-order valence-corrected chi connectivity index (χ3v) is 5.22. The molecule has 0 rings (SSSR count). The molecule has 0 aliphatic heterocycles. The Hall–Kier alpha value is 0.177. The van der Waals surface area contributed by atoms with Gasteiger partial charge < -0.3 is 4.90 Å². The molecule has 92 valence electrons. The average molecular weight is 229 g/mol. The Morgan fingerprint density at radius 1 is 0.800 bits per heavy atom. The van der Waals surface area contributed by atoms with E-state index in [9.17, 15) is 0 Å². The first-order valence-corrected chi connectivity index (χ1v) is 9.07. The highest BCUT2D eigenvalue weighted by atomic mass is 28.2. The average Bonchev–Trinajstić information content (AvgIpc) is 2.27. The number of hydrogen-bond acceptors (Lipinski definition) is 1. The van der Waals surface area contributed by atoms with Gasteiger partial charge in [-0.1, -0.05) is 58.5 Å². The summed E-state index contributed by atoms with van der Waals surface area (Å²) < 4.78 is 0. The smallest absolute Gasteiger partial charge is 0.0198 e. The van der Waals surface area contributed by atoms with Crippen LogP contribution >= 0.6 is 0 Å². The van der Waals surface area contributed by atoms with Crippen molar-refractivity contribution in [3.63, 3.8) is 0 Å². The Labute approximate surface area is 99.5 Å². The summed E-state index contributed by atoms with van der Waals surface area (Å²) in [7, 11) is 0.298. The van der Waals surface area contributed by atoms with Gasteiger partial charge in [0.15, 0.2) is 0 Å². The lowest BCUT2D eigenvalue weighted by atomic mass is 10.2. The lowest BCUT2D eigenvalue weighted by Crippen LogP contribution is -2.24. The van der Waals surface area contributed by atoms with Gasteiger partial charge in [-0.25, -0.2) is 0 Å². The van der Waals surface area contributed by atoms with E-state index in [2.05, 4.69) is 25.7 Å². The molecule has 0 spiro atoms. The molecule has 0 aliphatic rings. The van der Waals surface area contributed by atoms with Crippen molar-refractivity contribution in [1.29, 1.82) is 0 Å². The van der Waals surface area contributed by atoms with Crippen LogP contribution in [0.3, 0.4) is 0 Å². The summed E-state index contributed by atoms with van der Waals surface area (Å²) in [6.45, 7) is 10.6. The lowest BCUT2D eigenvalue weighted by molar-refractivity contribution is 0.304. The van der Waals surface area contributed by atoms with Crippen molar-refractivity contribution >= 4 is 9.52 Å². The molecule has 15 heavy (non-hydrogen) atoms. The molecule has 0 aromatic carbocycles. The standard InChI is InChI=1S/C13H31NSi/c1-4-7-8-9-12-15-13-10-11-14(5-2)6-3/h4-13,15H2,1-3H3. The zero-order valence-corrected chi connectivity index (χ0v) is 12.6. The van der Waals surface area contributed by atoms with Gasteiger partial charge in [-0.05, 0) is 26.1 Å². The molecule has 0 saturated carbocycles. The third kappa shape index (κ3) is 10.5. The van der Waals surface area contributed by atoms with Crippen LogP contribution in [-0.2, 0) is 0 Å². The summed E-state index contributed by atoms with van der Waals surface area (Å²) in [6.07, 6.45) is 7.30. The highest BCUT2D eigenvalue weighted by Gasteiger charge is 1.98. The maximum atomic E-state index is 2.55. The van der Waals surface area contributed by atoms with E-state index in [4.69, 9.17) is 0 Å². The summed E-state index contributed by atoms with van der Waals surface area (Å²) in [4.78, 5) is 2.55. The van der Waals surface area contributed by atoms with E-state index in [1.54, 1.807) is 12.1 Å². The Balaban J connectivity index is 3.04. The fourth-order valence-electron chi connectivity index (χ4n) is 2.01. The van der Waals surface area contributed by atoms with Crippen molar-refractivity contribution < 1.29 is 0 Å². The van der Waals surface area contributed by atoms with Crippen LogP contribution in [0.4, 0.5) is 0 Å². The molecular weight excluding hydrogens is 198 g/mol. The minimum Gasteiger partial charge on any atom is -0.304 e. The van der Waals surface area contributed by atoms with Crippen LogP contribution < -0.4 is 0 Å². The van der Waals surface area contributed by atoms with E-state index in [1.807, 2.05) is 0 Å². The predicted molar refractivity (Wildman–Crippen MR) is 74.7 cm³/mol. The van der Waals surface area contributed by atoms with Crippen molar-refractivity contribution in [2.45, 2.75) is 65.0 Å². The maximum Gasteiger partial charge on any atom is 0.0198 e. The van der Waals surface area contributed by atoms with E-state index in [0.717, 1.165) is 0 Å². The summed E-state index contributed by atoms with van der Waals surface area (Å²) in [5, 5.41) is 0. The molecule has 0 radical (unpaired) electrons. The molecule has 0 aromatic heterocycles. The SMILES string of the molecule is CCCCCC[SiH2]CCCN(CC)CC. The van der Waals surface area contributed by atoms with E-state index >= 15 is 0 Å². The normalized spacial score (nSPS) is 12.0. The Morgan fingerprint density at radius 2 is 1.47 bits per heavy atom. The molecule has 0 atom stereocenters. The summed E-state index contributed by atoms with van der Waals surface area (Å²) in [5.41, 5.74) is 0. The third-order valence-electron chi connectivity index (χ3n) is 3.22. The Bertz CT molecular complexity index is 113. The Morgan fingerprint density at radius 3 is 2.07 bits per heavy atom. The first kappa shape index (κ1) is 15.2. The van der Waals surface area contributed by atoms with Gasteiger partial charge in [0.05, 0.1) is 0 Å². The van der Waals surface area contributed by atoms with Gasteiger partial charge in [0.1, 0.15) is 0 Å². The van der Waals surface area contributed by atoms with Gasteiger partial charge >= 0.3 is 0 Å². The second-order valence-electron chi connectivity index (χ2n) is 4.50. The molecule has 0 aliphatic carbocycles. The fraction of sp³-hybridized carbons (Fsp3) is 1.00. The van der Waals surface area contributed by atoms with Gasteiger partial charge in [-0.15, -0.1) is 0 Å². The van der Waals surface area contributed by atoms with Gasteiger partial charge in [0, 0.05) is 9.52 Å². The first-order chi connectivity index (χ1) is 7.35. The topological polar surface area (TPSA) is 3.24 Å². The van der Waals surface area contributed by atoms with Crippen LogP contribution in [-0.4, -0.2) is 34.1 Å². The van der Waals surface area contributed by atoms with Crippen molar-refractivity contribution in [2.24, 2.45) is 0 Å². The number of unbranched alkanes of at least 4 members (excludes halogenated alkanes) is 3. The molecule has 0 bridgehead atoms. The second-order valence-corrected chi connectivity index (χ2v) is 6.62. The second kappa shape index (κ2) is 12.2. The van der Waals surface area contributed by atoms with Crippen LogP contribution in [0.25, 0.3) is 0 Å². The summed E-state index contributed by atoms with van der Waals surface area (Å²) >= 11 is 0. The van der Waals surface area contributed by atoms with Gasteiger partial charge in [0.2, 0.25) is 0 Å². The minimum absolute atomic E-state index is 0.298. The van der Waals surface area contributed by atoms with Crippen LogP contribution in [0, 0.1) is 0 Å². The van der Waals surface area contributed by atoms with Crippen molar-refractivity contribution in [2.75, 3.05) is 19.6 Å². The number of hydrogen-bond donors (Lipinski definition) is 0. The summed E-state index contributed by atoms with van der Waals surface area (Å²) in [6, 6.07) is 3.17. The molecule has 0 aromatic rings. The van der Waals surface area contributed by atoms with E-state index < -0.39 is 0 Å². The van der Waals surface area contributed by atoms with Crippen LogP contribution in [0.1, 0.15) is 52.9 Å². The van der Waals surface area contributed by atoms with E-state index in [1.165, 1.54) is 51.7 Å². The van der Waals surface area contributed by atoms with Gasteiger partial charge in [0.25, 0.3) is 0 Å². The number of nitrogens with zero attached hydrogens (tertiary/aromatic N) is 1. The van der Waals surface area contributed by atoms with Crippen LogP contribution in [0.15, 0.2) is 0 Å². The van der Waals surface area contributed by atoms with Gasteiger partial charge in [-0.2, -0.15) is 0 Å². The molecule has 1 nitrogen and oxygen atoms in total. The summed E-state index contributed by atoms with van der Waals surface area (Å²) in [5.74, 6) is 0. The molecule has 0 fully saturated rings. The highest BCUT2D eigenvalue weighted by Crippen LogP contribution is 2.04. The van der Waals surface area contributed by atoms with Gasteiger partial charge in [-0.3, -0.25) is 0 Å².